The molecule has 4 heteroatoms. The Bertz CT molecular complexity index is 5320. The van der Waals surface area contributed by atoms with Gasteiger partial charge in [0.05, 0.1) is 22.8 Å². The van der Waals surface area contributed by atoms with Crippen LogP contribution in [0.3, 0.4) is 0 Å². The smallest absolute Gasteiger partial charge is 0.0738 e. The van der Waals surface area contributed by atoms with E-state index >= 15 is 0 Å². The molecule has 8 saturated carbocycles. The van der Waals surface area contributed by atoms with Gasteiger partial charge in [-0.25, -0.2) is 9.97 Å². The van der Waals surface area contributed by atoms with Crippen molar-refractivity contribution in [3.05, 3.63) is 158 Å². The summed E-state index contributed by atoms with van der Waals surface area (Å²) in [6, 6.07) is 10.4. The lowest BCUT2D eigenvalue weighted by Gasteiger charge is -2.61. The molecule has 4 nitrogen and oxygen atoms in total. The number of hydrogen-bond acceptors (Lipinski definition) is 2. The highest BCUT2D eigenvalue weighted by molar-refractivity contribution is 6.04. The number of rotatable bonds is 4. The third-order valence-corrected chi connectivity index (χ3v) is 40.2. The minimum absolute atomic E-state index is 0.273. The normalized spacial score (nSPS) is 34.4. The molecular weight excluding hydrogens is 1310 g/mol. The van der Waals surface area contributed by atoms with Crippen molar-refractivity contribution in [1.29, 1.82) is 0 Å². The lowest BCUT2D eigenvalue weighted by Crippen LogP contribution is -2.51. The highest BCUT2D eigenvalue weighted by atomic mass is 14.8. The van der Waals surface area contributed by atoms with Crippen LogP contribution in [0.5, 0.6) is 0 Å². The fraction of sp³-hybridized carbons (Fsp3) is 0.577. The Balaban J connectivity index is 0.866. The van der Waals surface area contributed by atoms with E-state index in [2.05, 4.69) is 197 Å². The van der Waals surface area contributed by atoms with E-state index in [4.69, 9.17) is 9.97 Å². The molecular formula is C104H118N4. The standard InChI is InChI=1S/C104H118N4/c1-45-81-57(29-49-37-65(81)97(49,5)6)89(58-30-50-38-66(82(45)58)98(50,7)8)93-73-21-23-75(105-73)94(90-59-31-51-39-67(99(51,9)10)83(59)46(2)84-60(90)32-52-40-68(84)100(52,11)12)77-25-27-79(107-77)96(92-63-35-55-43-71(103(55,17)18)87(63)48(4)88-64(92)36-56-44-72(88)104(56,19)20)80-28-26-78(108-80)95(76-24-22-74(93)106-76)91-61-33-53-41-69(101(53,13)14)85(61)47(3)86-62(91)34-54-42-70(86)102(54,15)16/h21-28,49-56,65-72,105-106H,29-44H2,1-20H3/t49-,50-,51-,52-,53-,54-,55-,56-,65-,66-,67-,68-,69-,70-,71-,72-/m0/s1. The predicted molar refractivity (Wildman–Crippen MR) is 446 cm³/mol. The first kappa shape index (κ1) is 65.1. The Kier molecular flexibility index (Phi) is 11.8. The number of aromatic amines is 2. The Morgan fingerprint density at radius 1 is 0.231 bits per heavy atom. The molecule has 3 aromatic heterocycles. The monoisotopic (exact) mass is 1420 g/mol. The number of aromatic nitrogens is 4. The molecule has 2 aliphatic heterocycles. The van der Waals surface area contributed by atoms with Crippen molar-refractivity contribution >= 4 is 46.4 Å². The van der Waals surface area contributed by atoms with E-state index < -0.39 is 0 Å². The van der Waals surface area contributed by atoms with Gasteiger partial charge in [-0.1, -0.05) is 111 Å². The molecule has 108 heavy (non-hydrogen) atoms. The van der Waals surface area contributed by atoms with Gasteiger partial charge in [-0.05, 0) is 451 Å². The lowest BCUT2D eigenvalue weighted by molar-refractivity contribution is 0.0111. The van der Waals surface area contributed by atoms with Gasteiger partial charge in [-0.2, -0.15) is 0 Å². The quantitative estimate of drug-likeness (QED) is 0.184. The van der Waals surface area contributed by atoms with Crippen molar-refractivity contribution in [3.8, 4) is 44.5 Å². The number of nitrogens with one attached hydrogen (secondary N) is 2. The molecule has 0 radical (unpaired) electrons. The van der Waals surface area contributed by atoms with E-state index in [1.807, 2.05) is 0 Å². The van der Waals surface area contributed by atoms with Crippen LogP contribution in [0.1, 0.15) is 344 Å². The molecule has 26 aliphatic rings. The van der Waals surface area contributed by atoms with E-state index in [0.717, 1.165) is 74.1 Å². The van der Waals surface area contributed by atoms with Crippen LogP contribution in [0.25, 0.3) is 90.9 Å². The summed E-state index contributed by atoms with van der Waals surface area (Å²) in [5.74, 6) is 9.85. The Morgan fingerprint density at radius 3 is 0.593 bits per heavy atom. The van der Waals surface area contributed by atoms with Gasteiger partial charge in [0.15, 0.2) is 0 Å². The van der Waals surface area contributed by atoms with Gasteiger partial charge in [-0.15, -0.1) is 0 Å². The molecule has 0 saturated heterocycles. The molecule has 8 fully saturated rings. The molecule has 2 N–H and O–H groups in total. The average molecular weight is 1420 g/mol. The van der Waals surface area contributed by atoms with E-state index in [0.29, 0.717) is 94.7 Å². The van der Waals surface area contributed by atoms with Crippen LogP contribution in [-0.2, 0) is 51.4 Å². The van der Waals surface area contributed by atoms with Crippen LogP contribution in [0, 0.1) is 118 Å². The first-order valence-corrected chi connectivity index (χ1v) is 44.1. The van der Waals surface area contributed by atoms with Gasteiger partial charge in [0.2, 0.25) is 0 Å². The van der Waals surface area contributed by atoms with Crippen LogP contribution in [0.2, 0.25) is 0 Å². The summed E-state index contributed by atoms with van der Waals surface area (Å²) in [6.07, 6.45) is 29.9. The molecule has 33 rings (SSSR count). The molecule has 4 aromatic carbocycles. The zero-order valence-corrected chi connectivity index (χ0v) is 69.1. The first-order valence-electron chi connectivity index (χ1n) is 44.1. The molecule has 24 bridgehead atoms. The van der Waals surface area contributed by atoms with Gasteiger partial charge in [0.1, 0.15) is 0 Å². The fourth-order valence-electron chi connectivity index (χ4n) is 31.9. The van der Waals surface area contributed by atoms with Crippen LogP contribution < -0.4 is 0 Å². The minimum Gasteiger partial charge on any atom is -0.354 e. The Hall–Kier alpha value is -6.52. The van der Waals surface area contributed by atoms with E-state index in [1.165, 1.54) is 95.7 Å². The molecule has 0 spiro atoms. The zero-order chi connectivity index (χ0) is 73.8. The Morgan fingerprint density at radius 2 is 0.398 bits per heavy atom. The summed E-state index contributed by atoms with van der Waals surface area (Å²) >= 11 is 0. The summed E-state index contributed by atoms with van der Waals surface area (Å²) in [6.45, 7) is 52.5. The van der Waals surface area contributed by atoms with Crippen LogP contribution in [0.15, 0.2) is 24.3 Å². The second-order valence-corrected chi connectivity index (χ2v) is 45.7. The summed E-state index contributed by atoms with van der Waals surface area (Å²) < 4.78 is 0. The van der Waals surface area contributed by atoms with Gasteiger partial charge in [0, 0.05) is 44.3 Å². The molecule has 0 amide bonds. The highest BCUT2D eigenvalue weighted by Gasteiger charge is 2.64. The van der Waals surface area contributed by atoms with Crippen LogP contribution in [0.4, 0.5) is 0 Å². The third-order valence-electron chi connectivity index (χ3n) is 40.2. The zero-order valence-electron chi connectivity index (χ0n) is 69.1. The molecule has 5 heterocycles. The van der Waals surface area contributed by atoms with Gasteiger partial charge in [0.25, 0.3) is 0 Å². The maximum absolute atomic E-state index is 6.57. The number of H-pyrrole nitrogens is 2. The maximum Gasteiger partial charge on any atom is 0.0738 e. The Labute approximate surface area is 644 Å². The topological polar surface area (TPSA) is 57.4 Å². The van der Waals surface area contributed by atoms with Crippen molar-refractivity contribution in [2.45, 2.75) is 289 Å². The van der Waals surface area contributed by atoms with Gasteiger partial charge >= 0.3 is 0 Å². The maximum atomic E-state index is 6.57. The molecule has 16 atom stereocenters. The largest absolute Gasteiger partial charge is 0.354 e. The summed E-state index contributed by atoms with van der Waals surface area (Å²) in [7, 11) is 0. The third kappa shape index (κ3) is 7.22. The lowest BCUT2D eigenvalue weighted by atomic mass is 9.43. The van der Waals surface area contributed by atoms with E-state index in [9.17, 15) is 0 Å². The number of benzene rings is 4. The van der Waals surface area contributed by atoms with Gasteiger partial charge < -0.3 is 9.97 Å². The summed E-state index contributed by atoms with van der Waals surface area (Å²) in [5, 5.41) is 0. The highest BCUT2D eigenvalue weighted by Crippen LogP contribution is 2.76. The second kappa shape index (κ2) is 19.6. The average Bonchev–Trinajstić information content (AvgIpc) is 0.999. The molecule has 0 unspecified atom stereocenters. The van der Waals surface area contributed by atoms with Crippen molar-refractivity contribution in [2.75, 3.05) is 0 Å². The van der Waals surface area contributed by atoms with Crippen molar-refractivity contribution in [3.63, 3.8) is 0 Å². The number of nitrogens with zero attached hydrogens (tertiary/aromatic N) is 2. The predicted octanol–water partition coefficient (Wildman–Crippen LogP) is 26.0. The molecule has 7 aromatic rings. The first-order chi connectivity index (χ1) is 51.2. The summed E-state index contributed by atoms with van der Waals surface area (Å²) in [4.78, 5) is 22.5. The van der Waals surface area contributed by atoms with Crippen LogP contribution in [-0.4, -0.2) is 19.9 Å². The second-order valence-electron chi connectivity index (χ2n) is 45.7. The number of hydrogen-bond donors (Lipinski definition) is 2. The molecule has 24 aliphatic carbocycles. The number of fused-ring (bicyclic) bond motifs is 8. The van der Waals surface area contributed by atoms with Crippen molar-refractivity contribution < 1.29 is 0 Å². The van der Waals surface area contributed by atoms with Gasteiger partial charge in [-0.3, -0.25) is 0 Å². The van der Waals surface area contributed by atoms with E-state index in [1.54, 1.807) is 134 Å². The van der Waals surface area contributed by atoms with Crippen molar-refractivity contribution in [2.24, 2.45) is 90.7 Å². The van der Waals surface area contributed by atoms with Crippen LogP contribution >= 0.6 is 0 Å². The van der Waals surface area contributed by atoms with Crippen molar-refractivity contribution in [1.82, 2.24) is 19.9 Å². The summed E-state index contributed by atoms with van der Waals surface area (Å²) in [5.41, 5.74) is 57.2. The minimum atomic E-state index is 0.273. The fourth-order valence-corrected chi connectivity index (χ4v) is 31.9. The SMILES string of the molecule is Cc1c2c(c(-c3c4nc(c(-c5c6c(c(C)c7c5C[C@H]5C[C@@H]7C5(C)C)[C@@H]5C[C@H](C6)C5(C)C)c5ccc([nH]5)c(-c5c6c(c(C)c7c5C[C@H]5C[C@@H]7C5(C)C)[C@@H]5C[C@H](C6)C5(C)C)c5ccc([nH]5)c(-c5c6c(c(C)c7c5C[C@H]5C[C@@H]7C5(C)C)[C@@H]5C[C@H](C6)C5(C)C)c5nc3C=C5)C=C4)c3c1[C@@H]1C[C@H](C3)C1(C)C)C[C@H]1C[C@@H]2C1(C)C. The van der Waals surface area contributed by atoms with E-state index in [-0.39, 0.29) is 43.3 Å². The molecule has 554 valence electrons.